The molecule has 2 aliphatic rings. The van der Waals surface area contributed by atoms with E-state index in [1.807, 2.05) is 0 Å². The Labute approximate surface area is 273 Å². The number of hydrogen-bond donors (Lipinski definition) is 0. The summed E-state index contributed by atoms with van der Waals surface area (Å²) in [4.78, 5) is 0. The Morgan fingerprint density at radius 1 is 0.348 bits per heavy atom. The van der Waals surface area contributed by atoms with Crippen molar-refractivity contribution in [3.63, 3.8) is 0 Å². The summed E-state index contributed by atoms with van der Waals surface area (Å²) in [5.41, 5.74) is 16.1. The molecule has 1 spiro atoms. The van der Waals surface area contributed by atoms with E-state index in [9.17, 15) is 0 Å². The highest BCUT2D eigenvalue weighted by atomic mass is 14.5. The first kappa shape index (κ1) is 28.3. The fraction of sp³-hybridized carbons (Fsp3) is 0.130. The molecule has 0 amide bonds. The molecule has 1 fully saturated rings. The van der Waals surface area contributed by atoms with E-state index < -0.39 is 0 Å². The number of fused-ring (bicyclic) bond motifs is 5. The molecule has 0 heteroatoms. The SMILES string of the molecule is C(=C\c1ccc(-c2ccc3c(c2)C2(CCCCC2)c2cc(-c4ccc(/C=C/c5ccccc5)cc4)ccc2-3)cc1)/c1ccccc1. The summed E-state index contributed by atoms with van der Waals surface area (Å²) in [6.07, 6.45) is 15.1. The van der Waals surface area contributed by atoms with Gasteiger partial charge < -0.3 is 0 Å². The van der Waals surface area contributed by atoms with Crippen LogP contribution in [0, 0.1) is 0 Å². The van der Waals surface area contributed by atoms with Gasteiger partial charge in [-0.05, 0) is 91.7 Å². The standard InChI is InChI=1S/C46H38/c1-4-10-34(11-5-1)14-16-36-18-22-38(23-19-36)40-26-28-42-43-29-27-41(33-45(43)46(44(42)32-40)30-8-3-9-31-46)39-24-20-37(21-25-39)17-15-35-12-6-2-7-13-35/h1-2,4-7,10-29,32-33H,3,8-9,30-31H2/b16-14+,17-15+. The summed E-state index contributed by atoms with van der Waals surface area (Å²) < 4.78 is 0. The lowest BCUT2D eigenvalue weighted by atomic mass is 9.67. The topological polar surface area (TPSA) is 0 Å². The van der Waals surface area contributed by atoms with E-state index >= 15 is 0 Å². The third-order valence-electron chi connectivity index (χ3n) is 10.1. The van der Waals surface area contributed by atoms with E-state index in [4.69, 9.17) is 0 Å². The lowest BCUT2D eigenvalue weighted by molar-refractivity contribution is 0.353. The summed E-state index contributed by atoms with van der Waals surface area (Å²) in [6, 6.07) is 53.5. The van der Waals surface area contributed by atoms with Crippen LogP contribution in [0.5, 0.6) is 0 Å². The first-order valence-electron chi connectivity index (χ1n) is 16.7. The number of rotatable bonds is 6. The summed E-state index contributed by atoms with van der Waals surface area (Å²) >= 11 is 0. The van der Waals surface area contributed by atoms with E-state index in [0.717, 1.165) is 0 Å². The van der Waals surface area contributed by atoms with Crippen LogP contribution in [-0.4, -0.2) is 0 Å². The average molecular weight is 591 g/mol. The molecule has 0 heterocycles. The third kappa shape index (κ3) is 5.46. The van der Waals surface area contributed by atoms with E-state index in [1.54, 1.807) is 0 Å². The normalized spacial score (nSPS) is 15.0. The molecule has 0 atom stereocenters. The summed E-state index contributed by atoms with van der Waals surface area (Å²) in [7, 11) is 0. The van der Waals surface area contributed by atoms with Crippen LogP contribution in [0.3, 0.4) is 0 Å². The third-order valence-corrected chi connectivity index (χ3v) is 10.1. The van der Waals surface area contributed by atoms with Crippen LogP contribution in [0.4, 0.5) is 0 Å². The molecule has 6 aromatic carbocycles. The van der Waals surface area contributed by atoms with Gasteiger partial charge >= 0.3 is 0 Å². The zero-order valence-electron chi connectivity index (χ0n) is 26.2. The first-order chi connectivity index (χ1) is 22.7. The zero-order chi connectivity index (χ0) is 30.8. The van der Waals surface area contributed by atoms with Crippen molar-refractivity contribution in [3.8, 4) is 33.4 Å². The highest BCUT2D eigenvalue weighted by Gasteiger charge is 2.44. The smallest absolute Gasteiger partial charge is 0.0215 e. The molecule has 46 heavy (non-hydrogen) atoms. The Morgan fingerprint density at radius 2 is 0.717 bits per heavy atom. The Hall–Kier alpha value is -5.20. The van der Waals surface area contributed by atoms with Crippen LogP contribution in [-0.2, 0) is 5.41 Å². The van der Waals surface area contributed by atoms with Gasteiger partial charge in [-0.1, -0.05) is 177 Å². The van der Waals surface area contributed by atoms with Crippen molar-refractivity contribution in [2.75, 3.05) is 0 Å². The molecule has 0 aliphatic heterocycles. The van der Waals surface area contributed by atoms with E-state index in [1.165, 1.54) is 98.9 Å². The maximum atomic E-state index is 2.52. The van der Waals surface area contributed by atoms with Crippen LogP contribution in [0.2, 0.25) is 0 Å². The maximum absolute atomic E-state index is 2.52. The Bertz CT molecular complexity index is 1870. The maximum Gasteiger partial charge on any atom is 0.0215 e. The molecule has 0 radical (unpaired) electrons. The van der Waals surface area contributed by atoms with E-state index in [0.29, 0.717) is 0 Å². The molecular weight excluding hydrogens is 553 g/mol. The van der Waals surface area contributed by atoms with Crippen molar-refractivity contribution in [2.24, 2.45) is 0 Å². The minimum Gasteiger partial charge on any atom is -0.0622 e. The first-order valence-corrected chi connectivity index (χ1v) is 16.7. The second-order valence-corrected chi connectivity index (χ2v) is 12.9. The van der Waals surface area contributed by atoms with Crippen molar-refractivity contribution < 1.29 is 0 Å². The number of hydrogen-bond acceptors (Lipinski definition) is 0. The van der Waals surface area contributed by atoms with Gasteiger partial charge in [-0.15, -0.1) is 0 Å². The molecule has 0 bridgehead atoms. The predicted molar refractivity (Wildman–Crippen MR) is 197 cm³/mol. The van der Waals surface area contributed by atoms with Crippen LogP contribution in [0.25, 0.3) is 57.7 Å². The lowest BCUT2D eigenvalue weighted by Crippen LogP contribution is -2.28. The fourth-order valence-electron chi connectivity index (χ4n) is 7.63. The zero-order valence-corrected chi connectivity index (χ0v) is 26.2. The Balaban J connectivity index is 1.09. The lowest BCUT2D eigenvalue weighted by Gasteiger charge is -2.36. The molecule has 0 saturated heterocycles. The molecule has 6 aromatic rings. The summed E-state index contributed by atoms with van der Waals surface area (Å²) in [5.74, 6) is 0. The van der Waals surface area contributed by atoms with Gasteiger partial charge in [0, 0.05) is 5.41 Å². The highest BCUT2D eigenvalue weighted by molar-refractivity contribution is 5.86. The average Bonchev–Trinajstić information content (AvgIpc) is 3.39. The van der Waals surface area contributed by atoms with Gasteiger partial charge in [0.05, 0.1) is 0 Å². The largest absolute Gasteiger partial charge is 0.0622 e. The van der Waals surface area contributed by atoms with Crippen LogP contribution in [0.1, 0.15) is 65.5 Å². The van der Waals surface area contributed by atoms with Crippen molar-refractivity contribution in [1.29, 1.82) is 0 Å². The predicted octanol–water partition coefficient (Wildman–Crippen LogP) is 12.6. The van der Waals surface area contributed by atoms with Gasteiger partial charge in [0.1, 0.15) is 0 Å². The monoisotopic (exact) mass is 590 g/mol. The van der Waals surface area contributed by atoms with Gasteiger partial charge in [0.15, 0.2) is 0 Å². The van der Waals surface area contributed by atoms with Gasteiger partial charge in [-0.2, -0.15) is 0 Å². The van der Waals surface area contributed by atoms with Crippen LogP contribution < -0.4 is 0 Å². The van der Waals surface area contributed by atoms with Crippen molar-refractivity contribution in [1.82, 2.24) is 0 Å². The van der Waals surface area contributed by atoms with Crippen molar-refractivity contribution in [2.45, 2.75) is 37.5 Å². The molecule has 0 aromatic heterocycles. The Kier molecular flexibility index (Phi) is 7.56. The van der Waals surface area contributed by atoms with Gasteiger partial charge in [-0.3, -0.25) is 0 Å². The van der Waals surface area contributed by atoms with Gasteiger partial charge in [0.25, 0.3) is 0 Å². The molecule has 2 aliphatic carbocycles. The summed E-state index contributed by atoms with van der Waals surface area (Å²) in [6.45, 7) is 0. The molecule has 222 valence electrons. The molecule has 0 unspecified atom stereocenters. The number of benzene rings is 6. The minimum atomic E-state index is 0.103. The second-order valence-electron chi connectivity index (χ2n) is 12.9. The molecule has 0 N–H and O–H groups in total. The van der Waals surface area contributed by atoms with Crippen molar-refractivity contribution >= 4 is 24.3 Å². The van der Waals surface area contributed by atoms with Crippen LogP contribution in [0.15, 0.2) is 146 Å². The quantitative estimate of drug-likeness (QED) is 0.169. The van der Waals surface area contributed by atoms with Gasteiger partial charge in [0.2, 0.25) is 0 Å². The molecular formula is C46H38. The fourth-order valence-corrected chi connectivity index (χ4v) is 7.63. The Morgan fingerprint density at radius 3 is 1.13 bits per heavy atom. The second kappa shape index (κ2) is 12.3. The molecule has 8 rings (SSSR count). The van der Waals surface area contributed by atoms with Crippen molar-refractivity contribution in [3.05, 3.63) is 179 Å². The van der Waals surface area contributed by atoms with E-state index in [-0.39, 0.29) is 5.41 Å². The summed E-state index contributed by atoms with van der Waals surface area (Å²) in [5, 5.41) is 0. The highest BCUT2D eigenvalue weighted by Crippen LogP contribution is 2.57. The van der Waals surface area contributed by atoms with Gasteiger partial charge in [-0.25, -0.2) is 0 Å². The minimum absolute atomic E-state index is 0.103. The molecule has 0 nitrogen and oxygen atoms in total. The van der Waals surface area contributed by atoms with E-state index in [2.05, 4.69) is 170 Å². The molecule has 1 saturated carbocycles. The van der Waals surface area contributed by atoms with Crippen LogP contribution >= 0.6 is 0 Å².